The first-order valence-corrected chi connectivity index (χ1v) is 8.38. The second-order valence-corrected chi connectivity index (χ2v) is 6.69. The van der Waals surface area contributed by atoms with Crippen LogP contribution in [0.5, 0.6) is 0 Å². The first-order valence-electron chi connectivity index (χ1n) is 8.38. The number of piperidine rings is 2. The van der Waals surface area contributed by atoms with E-state index in [0.717, 1.165) is 45.6 Å². The standard InChI is InChI=1S/C16H27N5O.2ClH/c1-20-11-3-14(4-12-20)13-18-15(22)16(5-8-17-9-6-16)21-10-2-7-19-21;;/h2,7,10,14,17H,3-6,8-9,11-13H2,1H3,(H,18,22);2*1H. The predicted octanol–water partition coefficient (Wildman–Crippen LogP) is 1.26. The largest absolute Gasteiger partial charge is 0.354 e. The highest BCUT2D eigenvalue weighted by atomic mass is 35.5. The van der Waals surface area contributed by atoms with Crippen molar-refractivity contribution >= 4 is 30.7 Å². The number of amides is 1. The molecule has 3 heterocycles. The maximum atomic E-state index is 12.9. The van der Waals surface area contributed by atoms with Crippen LogP contribution < -0.4 is 10.6 Å². The first-order chi connectivity index (χ1) is 10.7. The third kappa shape index (κ3) is 4.63. The molecule has 0 aromatic carbocycles. The van der Waals surface area contributed by atoms with Gasteiger partial charge in [0.25, 0.3) is 0 Å². The van der Waals surface area contributed by atoms with Crippen molar-refractivity contribution in [1.29, 1.82) is 0 Å². The van der Waals surface area contributed by atoms with Gasteiger partial charge < -0.3 is 15.5 Å². The van der Waals surface area contributed by atoms with Gasteiger partial charge in [-0.25, -0.2) is 0 Å². The molecule has 3 rings (SSSR count). The number of hydrogen-bond donors (Lipinski definition) is 2. The van der Waals surface area contributed by atoms with E-state index in [-0.39, 0.29) is 30.7 Å². The number of likely N-dealkylation sites (tertiary alicyclic amines) is 1. The van der Waals surface area contributed by atoms with E-state index in [9.17, 15) is 4.79 Å². The first kappa shape index (κ1) is 21.2. The van der Waals surface area contributed by atoms with Crippen LogP contribution in [0.25, 0.3) is 0 Å². The minimum absolute atomic E-state index is 0. The molecule has 0 atom stereocenters. The summed E-state index contributed by atoms with van der Waals surface area (Å²) in [5, 5.41) is 10.9. The van der Waals surface area contributed by atoms with E-state index in [1.165, 1.54) is 12.8 Å². The van der Waals surface area contributed by atoms with Crippen molar-refractivity contribution < 1.29 is 4.79 Å². The normalized spacial score (nSPS) is 21.4. The number of halogens is 2. The molecule has 1 amide bonds. The van der Waals surface area contributed by atoms with E-state index in [0.29, 0.717) is 5.92 Å². The highest BCUT2D eigenvalue weighted by molar-refractivity contribution is 5.85. The molecule has 2 N–H and O–H groups in total. The number of nitrogens with one attached hydrogen (secondary N) is 2. The molecular formula is C16H29Cl2N5O. The third-order valence-electron chi connectivity index (χ3n) is 5.19. The summed E-state index contributed by atoms with van der Waals surface area (Å²) in [7, 11) is 2.16. The molecule has 2 saturated heterocycles. The highest BCUT2D eigenvalue weighted by Gasteiger charge is 2.42. The molecule has 2 fully saturated rings. The molecule has 24 heavy (non-hydrogen) atoms. The Morgan fingerprint density at radius 2 is 1.96 bits per heavy atom. The Morgan fingerprint density at radius 1 is 1.29 bits per heavy atom. The fourth-order valence-electron chi connectivity index (χ4n) is 3.59. The lowest BCUT2D eigenvalue weighted by Crippen LogP contribution is -2.55. The van der Waals surface area contributed by atoms with Gasteiger partial charge in [0, 0.05) is 18.9 Å². The fraction of sp³-hybridized carbons (Fsp3) is 0.750. The van der Waals surface area contributed by atoms with Crippen LogP contribution in [-0.2, 0) is 10.3 Å². The predicted molar refractivity (Wildman–Crippen MR) is 100 cm³/mol. The quantitative estimate of drug-likeness (QED) is 0.828. The van der Waals surface area contributed by atoms with E-state index >= 15 is 0 Å². The van der Waals surface area contributed by atoms with Crippen LogP contribution in [0.2, 0.25) is 0 Å². The van der Waals surface area contributed by atoms with Gasteiger partial charge in [0.15, 0.2) is 0 Å². The van der Waals surface area contributed by atoms with Crippen LogP contribution in [0.3, 0.4) is 0 Å². The van der Waals surface area contributed by atoms with E-state index in [1.54, 1.807) is 6.20 Å². The summed E-state index contributed by atoms with van der Waals surface area (Å²) >= 11 is 0. The zero-order valence-electron chi connectivity index (χ0n) is 14.2. The summed E-state index contributed by atoms with van der Waals surface area (Å²) < 4.78 is 1.86. The van der Waals surface area contributed by atoms with Crippen molar-refractivity contribution in [2.24, 2.45) is 5.92 Å². The summed E-state index contributed by atoms with van der Waals surface area (Å²) in [5.74, 6) is 0.744. The van der Waals surface area contributed by atoms with Gasteiger partial charge in [0.1, 0.15) is 5.54 Å². The molecule has 2 aliphatic rings. The van der Waals surface area contributed by atoms with E-state index in [2.05, 4.69) is 27.7 Å². The average molecular weight is 378 g/mol. The number of nitrogens with zero attached hydrogens (tertiary/aromatic N) is 3. The summed E-state index contributed by atoms with van der Waals surface area (Å²) in [5.41, 5.74) is -0.514. The molecule has 138 valence electrons. The summed E-state index contributed by atoms with van der Waals surface area (Å²) in [6.45, 7) is 4.79. The molecule has 0 spiro atoms. The van der Waals surface area contributed by atoms with Crippen LogP contribution in [-0.4, -0.2) is 60.4 Å². The van der Waals surface area contributed by atoms with E-state index < -0.39 is 5.54 Å². The molecule has 0 bridgehead atoms. The van der Waals surface area contributed by atoms with Crippen LogP contribution in [0.15, 0.2) is 18.5 Å². The molecule has 1 aromatic rings. The van der Waals surface area contributed by atoms with Gasteiger partial charge in [-0.05, 0) is 70.9 Å². The van der Waals surface area contributed by atoms with Gasteiger partial charge in [-0.15, -0.1) is 24.8 Å². The van der Waals surface area contributed by atoms with Crippen molar-refractivity contribution in [3.8, 4) is 0 Å². The zero-order valence-corrected chi connectivity index (χ0v) is 15.9. The van der Waals surface area contributed by atoms with E-state index in [1.807, 2.05) is 16.9 Å². The Kier molecular flexibility index (Phi) is 8.50. The second-order valence-electron chi connectivity index (χ2n) is 6.69. The monoisotopic (exact) mass is 377 g/mol. The van der Waals surface area contributed by atoms with Crippen molar-refractivity contribution in [3.63, 3.8) is 0 Å². The van der Waals surface area contributed by atoms with Crippen molar-refractivity contribution in [3.05, 3.63) is 18.5 Å². The maximum Gasteiger partial charge on any atom is 0.248 e. The molecule has 1 aromatic heterocycles. The Morgan fingerprint density at radius 3 is 2.54 bits per heavy atom. The minimum atomic E-state index is -0.514. The van der Waals surface area contributed by atoms with Crippen LogP contribution in [0.1, 0.15) is 25.7 Å². The van der Waals surface area contributed by atoms with Crippen LogP contribution in [0, 0.1) is 5.92 Å². The number of rotatable bonds is 4. The SMILES string of the molecule is CN1CCC(CNC(=O)C2(n3cccn3)CCNCC2)CC1.Cl.Cl. The third-order valence-corrected chi connectivity index (χ3v) is 5.19. The van der Waals surface area contributed by atoms with Crippen molar-refractivity contribution in [1.82, 2.24) is 25.3 Å². The van der Waals surface area contributed by atoms with E-state index in [4.69, 9.17) is 0 Å². The molecule has 0 radical (unpaired) electrons. The molecular weight excluding hydrogens is 349 g/mol. The Labute approximate surface area is 156 Å². The van der Waals surface area contributed by atoms with Crippen molar-refractivity contribution in [2.75, 3.05) is 39.8 Å². The van der Waals surface area contributed by atoms with Gasteiger partial charge in [-0.3, -0.25) is 9.48 Å². The molecule has 0 aliphatic carbocycles. The smallest absolute Gasteiger partial charge is 0.248 e. The van der Waals surface area contributed by atoms with Crippen LogP contribution in [0.4, 0.5) is 0 Å². The Balaban J connectivity index is 0.00000144. The average Bonchev–Trinajstić information content (AvgIpc) is 3.09. The minimum Gasteiger partial charge on any atom is -0.354 e. The van der Waals surface area contributed by atoms with Gasteiger partial charge in [0.2, 0.25) is 5.91 Å². The number of carbonyl (C=O) groups excluding carboxylic acids is 1. The fourth-order valence-corrected chi connectivity index (χ4v) is 3.59. The number of carbonyl (C=O) groups is 1. The molecule has 0 unspecified atom stereocenters. The maximum absolute atomic E-state index is 12.9. The summed E-state index contributed by atoms with van der Waals surface area (Å²) in [4.78, 5) is 15.3. The molecule has 6 nitrogen and oxygen atoms in total. The summed E-state index contributed by atoms with van der Waals surface area (Å²) in [6, 6.07) is 1.90. The zero-order chi connectivity index (χ0) is 15.4. The lowest BCUT2D eigenvalue weighted by molar-refractivity contribution is -0.132. The number of aromatic nitrogens is 2. The topological polar surface area (TPSA) is 62.2 Å². The van der Waals surface area contributed by atoms with Crippen LogP contribution >= 0.6 is 24.8 Å². The Bertz CT molecular complexity index is 483. The van der Waals surface area contributed by atoms with Gasteiger partial charge >= 0.3 is 0 Å². The second kappa shape index (κ2) is 9.61. The number of hydrogen-bond acceptors (Lipinski definition) is 4. The van der Waals surface area contributed by atoms with Gasteiger partial charge in [0.05, 0.1) is 0 Å². The molecule has 0 saturated carbocycles. The lowest BCUT2D eigenvalue weighted by atomic mass is 9.87. The molecule has 2 aliphatic heterocycles. The lowest BCUT2D eigenvalue weighted by Gasteiger charge is -2.37. The highest BCUT2D eigenvalue weighted by Crippen LogP contribution is 2.27. The van der Waals surface area contributed by atoms with Crippen molar-refractivity contribution in [2.45, 2.75) is 31.2 Å². The molecule has 8 heteroatoms. The summed E-state index contributed by atoms with van der Waals surface area (Å²) in [6.07, 6.45) is 7.62. The Hall–Kier alpha value is -0.820. The van der Waals surface area contributed by atoms with Gasteiger partial charge in [-0.2, -0.15) is 5.10 Å². The van der Waals surface area contributed by atoms with Gasteiger partial charge in [-0.1, -0.05) is 0 Å².